The zero-order valence-electron chi connectivity index (χ0n) is 11.7. The lowest BCUT2D eigenvalue weighted by Crippen LogP contribution is -2.24. The minimum Gasteiger partial charge on any atom is -0.382 e. The minimum absolute atomic E-state index is 0.194. The summed E-state index contributed by atoms with van der Waals surface area (Å²) in [5.74, 6) is 1.14. The van der Waals surface area contributed by atoms with Crippen LogP contribution in [0.2, 0.25) is 0 Å². The fourth-order valence-corrected chi connectivity index (χ4v) is 3.28. The van der Waals surface area contributed by atoms with Crippen molar-refractivity contribution in [1.82, 2.24) is 0 Å². The van der Waals surface area contributed by atoms with Crippen molar-refractivity contribution in [3.05, 3.63) is 24.3 Å². The lowest BCUT2D eigenvalue weighted by molar-refractivity contribution is 0.566. The SMILES string of the molecule is CCCS(=O)(=O)c1ccc(NC(C)C(C)CCl)cc1. The first-order valence-electron chi connectivity index (χ1n) is 6.56. The Morgan fingerprint density at radius 1 is 1.21 bits per heavy atom. The van der Waals surface area contributed by atoms with Gasteiger partial charge in [-0.1, -0.05) is 13.8 Å². The Morgan fingerprint density at radius 2 is 1.79 bits per heavy atom. The highest BCUT2D eigenvalue weighted by Crippen LogP contribution is 2.18. The molecule has 0 spiro atoms. The average Bonchev–Trinajstić information content (AvgIpc) is 2.38. The van der Waals surface area contributed by atoms with Gasteiger partial charge in [-0.25, -0.2) is 8.42 Å². The van der Waals surface area contributed by atoms with Gasteiger partial charge in [0.2, 0.25) is 0 Å². The number of sulfone groups is 1. The second-order valence-electron chi connectivity index (χ2n) is 4.91. The van der Waals surface area contributed by atoms with Crippen LogP contribution in [0.1, 0.15) is 27.2 Å². The van der Waals surface area contributed by atoms with E-state index in [4.69, 9.17) is 11.6 Å². The molecule has 0 bridgehead atoms. The molecular weight excluding hydrogens is 282 g/mol. The first-order chi connectivity index (χ1) is 8.90. The molecule has 0 saturated carbocycles. The summed E-state index contributed by atoms with van der Waals surface area (Å²) in [4.78, 5) is 0.387. The second-order valence-corrected chi connectivity index (χ2v) is 7.33. The third-order valence-corrected chi connectivity index (χ3v) is 5.60. The van der Waals surface area contributed by atoms with Crippen LogP contribution in [0.5, 0.6) is 0 Å². The van der Waals surface area contributed by atoms with E-state index in [9.17, 15) is 8.42 Å². The van der Waals surface area contributed by atoms with Gasteiger partial charge in [0.25, 0.3) is 0 Å². The highest BCUT2D eigenvalue weighted by atomic mass is 35.5. The molecule has 5 heteroatoms. The molecule has 1 aromatic rings. The Balaban J connectivity index is 2.77. The molecule has 19 heavy (non-hydrogen) atoms. The summed E-state index contributed by atoms with van der Waals surface area (Å²) >= 11 is 5.81. The van der Waals surface area contributed by atoms with Gasteiger partial charge in [-0.05, 0) is 43.5 Å². The number of alkyl halides is 1. The van der Waals surface area contributed by atoms with E-state index in [1.165, 1.54) is 0 Å². The monoisotopic (exact) mass is 303 g/mol. The largest absolute Gasteiger partial charge is 0.382 e. The van der Waals surface area contributed by atoms with Crippen molar-refractivity contribution in [1.29, 1.82) is 0 Å². The van der Waals surface area contributed by atoms with Gasteiger partial charge in [-0.2, -0.15) is 0 Å². The molecule has 108 valence electrons. The molecule has 0 heterocycles. The third kappa shape index (κ3) is 4.69. The Labute approximate surface area is 121 Å². The predicted molar refractivity (Wildman–Crippen MR) is 81.8 cm³/mol. The normalized spacial score (nSPS) is 14.9. The molecule has 0 fully saturated rings. The maximum absolute atomic E-state index is 11.9. The van der Waals surface area contributed by atoms with E-state index in [2.05, 4.69) is 19.2 Å². The van der Waals surface area contributed by atoms with Crippen molar-refractivity contribution < 1.29 is 8.42 Å². The van der Waals surface area contributed by atoms with Crippen LogP contribution >= 0.6 is 11.6 Å². The van der Waals surface area contributed by atoms with Crippen LogP contribution in [-0.2, 0) is 9.84 Å². The van der Waals surface area contributed by atoms with Gasteiger partial charge < -0.3 is 5.32 Å². The maximum Gasteiger partial charge on any atom is 0.178 e. The van der Waals surface area contributed by atoms with E-state index < -0.39 is 9.84 Å². The molecule has 0 radical (unpaired) electrons. The van der Waals surface area contributed by atoms with Crippen molar-refractivity contribution in [2.75, 3.05) is 16.9 Å². The van der Waals surface area contributed by atoms with Gasteiger partial charge >= 0.3 is 0 Å². The zero-order valence-corrected chi connectivity index (χ0v) is 13.3. The highest BCUT2D eigenvalue weighted by molar-refractivity contribution is 7.91. The summed E-state index contributed by atoms with van der Waals surface area (Å²) in [5, 5.41) is 3.32. The van der Waals surface area contributed by atoms with Crippen molar-refractivity contribution in [3.8, 4) is 0 Å². The number of benzene rings is 1. The molecule has 0 aliphatic heterocycles. The fourth-order valence-electron chi connectivity index (χ4n) is 1.68. The topological polar surface area (TPSA) is 46.2 Å². The smallest absolute Gasteiger partial charge is 0.178 e. The van der Waals surface area contributed by atoms with E-state index >= 15 is 0 Å². The summed E-state index contributed by atoms with van der Waals surface area (Å²) in [6.07, 6.45) is 0.632. The van der Waals surface area contributed by atoms with Crippen molar-refractivity contribution >= 4 is 27.1 Å². The number of rotatable bonds is 7. The van der Waals surface area contributed by atoms with Crippen molar-refractivity contribution in [3.63, 3.8) is 0 Å². The molecule has 0 aromatic heterocycles. The van der Waals surface area contributed by atoms with E-state index in [1.807, 2.05) is 6.92 Å². The number of nitrogens with one attached hydrogen (secondary N) is 1. The number of halogens is 1. The summed E-state index contributed by atoms with van der Waals surface area (Å²) in [7, 11) is -3.13. The van der Waals surface area contributed by atoms with Crippen LogP contribution in [0, 0.1) is 5.92 Å². The second kappa shape index (κ2) is 7.15. The van der Waals surface area contributed by atoms with Crippen LogP contribution in [-0.4, -0.2) is 26.1 Å². The molecule has 1 rings (SSSR count). The maximum atomic E-state index is 11.9. The molecular formula is C14H22ClNO2S. The quantitative estimate of drug-likeness (QED) is 0.784. The summed E-state index contributed by atoms with van der Waals surface area (Å²) in [6, 6.07) is 7.17. The van der Waals surface area contributed by atoms with Gasteiger partial charge in [0.1, 0.15) is 0 Å². The summed E-state index contributed by atoms with van der Waals surface area (Å²) < 4.78 is 23.8. The van der Waals surface area contributed by atoms with Crippen LogP contribution in [0.15, 0.2) is 29.2 Å². The van der Waals surface area contributed by atoms with Crippen LogP contribution in [0.4, 0.5) is 5.69 Å². The molecule has 0 aliphatic carbocycles. The van der Waals surface area contributed by atoms with Gasteiger partial charge in [-0.3, -0.25) is 0 Å². The van der Waals surface area contributed by atoms with Crippen molar-refractivity contribution in [2.24, 2.45) is 5.92 Å². The van der Waals surface area contributed by atoms with E-state index in [0.717, 1.165) is 5.69 Å². The van der Waals surface area contributed by atoms with Gasteiger partial charge in [0, 0.05) is 17.6 Å². The fraction of sp³-hybridized carbons (Fsp3) is 0.571. The third-order valence-electron chi connectivity index (χ3n) is 3.18. The number of hydrogen-bond donors (Lipinski definition) is 1. The van der Waals surface area contributed by atoms with Gasteiger partial charge in [-0.15, -0.1) is 11.6 Å². The first kappa shape index (κ1) is 16.3. The van der Waals surface area contributed by atoms with Crippen LogP contribution in [0.25, 0.3) is 0 Å². The highest BCUT2D eigenvalue weighted by Gasteiger charge is 2.14. The van der Waals surface area contributed by atoms with Crippen LogP contribution < -0.4 is 5.32 Å². The van der Waals surface area contributed by atoms with Crippen LogP contribution in [0.3, 0.4) is 0 Å². The molecule has 2 atom stereocenters. The molecule has 0 amide bonds. The standard InChI is InChI=1S/C14H22ClNO2S/c1-4-9-19(17,18)14-7-5-13(6-8-14)16-12(3)11(2)10-15/h5-8,11-12,16H,4,9-10H2,1-3H3. The molecule has 1 aromatic carbocycles. The van der Waals surface area contributed by atoms with E-state index in [0.29, 0.717) is 23.1 Å². The zero-order chi connectivity index (χ0) is 14.5. The summed E-state index contributed by atoms with van der Waals surface area (Å²) in [5.41, 5.74) is 0.917. The Kier molecular flexibility index (Phi) is 6.14. The van der Waals surface area contributed by atoms with Gasteiger partial charge in [0.15, 0.2) is 9.84 Å². The molecule has 1 N–H and O–H groups in total. The summed E-state index contributed by atoms with van der Waals surface area (Å²) in [6.45, 7) is 6.00. The molecule has 0 saturated heterocycles. The molecule has 3 nitrogen and oxygen atoms in total. The van der Waals surface area contributed by atoms with E-state index in [-0.39, 0.29) is 11.8 Å². The van der Waals surface area contributed by atoms with Crippen molar-refractivity contribution in [2.45, 2.75) is 38.1 Å². The average molecular weight is 304 g/mol. The Morgan fingerprint density at radius 3 is 2.26 bits per heavy atom. The first-order valence-corrected chi connectivity index (χ1v) is 8.74. The number of anilines is 1. The Hall–Kier alpha value is -0.740. The predicted octanol–water partition coefficient (Wildman–Crippen LogP) is 3.55. The lowest BCUT2D eigenvalue weighted by atomic mass is 10.1. The number of hydrogen-bond acceptors (Lipinski definition) is 3. The minimum atomic E-state index is -3.13. The Bertz CT molecular complexity index is 485. The van der Waals surface area contributed by atoms with Gasteiger partial charge in [0.05, 0.1) is 10.6 Å². The molecule has 2 unspecified atom stereocenters. The molecule has 0 aliphatic rings. The lowest BCUT2D eigenvalue weighted by Gasteiger charge is -2.20. The van der Waals surface area contributed by atoms with E-state index in [1.54, 1.807) is 24.3 Å².